The van der Waals surface area contributed by atoms with Crippen molar-refractivity contribution >= 4 is 0 Å². The lowest BCUT2D eigenvalue weighted by molar-refractivity contribution is 0.288. The molecule has 2 rings (SSSR count). The van der Waals surface area contributed by atoms with Crippen molar-refractivity contribution in [2.45, 2.75) is 20.1 Å². The van der Waals surface area contributed by atoms with Crippen LogP contribution in [0, 0.1) is 0 Å². The fourth-order valence-corrected chi connectivity index (χ4v) is 1.73. The summed E-state index contributed by atoms with van der Waals surface area (Å²) in [5, 5.41) is 3.31. The summed E-state index contributed by atoms with van der Waals surface area (Å²) >= 11 is 0. The molecule has 4 heteroatoms. The van der Waals surface area contributed by atoms with Gasteiger partial charge in [-0.3, -0.25) is 0 Å². The zero-order chi connectivity index (χ0) is 12.8. The molecule has 1 aromatic carbocycles. The van der Waals surface area contributed by atoms with Gasteiger partial charge in [0.05, 0.1) is 0 Å². The minimum atomic E-state index is 0.493. The van der Waals surface area contributed by atoms with Gasteiger partial charge in [-0.25, -0.2) is 4.98 Å². The zero-order valence-electron chi connectivity index (χ0n) is 10.9. The van der Waals surface area contributed by atoms with Gasteiger partial charge in [0.1, 0.15) is 18.2 Å². The average molecular weight is 245 g/mol. The quantitative estimate of drug-likeness (QED) is 0.847. The maximum absolute atomic E-state index is 5.84. The Balaban J connectivity index is 2.02. The van der Waals surface area contributed by atoms with Crippen molar-refractivity contribution in [1.29, 1.82) is 0 Å². The number of hydrogen-bond donors (Lipinski definition) is 1. The Morgan fingerprint density at radius 2 is 2.17 bits per heavy atom. The van der Waals surface area contributed by atoms with Crippen LogP contribution in [0.1, 0.15) is 18.3 Å². The first-order chi connectivity index (χ1) is 8.81. The first-order valence-corrected chi connectivity index (χ1v) is 6.19. The minimum Gasteiger partial charge on any atom is -0.485 e. The highest BCUT2D eigenvalue weighted by molar-refractivity contribution is 5.33. The molecule has 0 aliphatic heterocycles. The van der Waals surface area contributed by atoms with E-state index in [0.29, 0.717) is 6.61 Å². The van der Waals surface area contributed by atoms with Crippen molar-refractivity contribution in [3.05, 3.63) is 48.0 Å². The van der Waals surface area contributed by atoms with E-state index in [1.165, 1.54) is 5.56 Å². The predicted molar refractivity (Wildman–Crippen MR) is 71.4 cm³/mol. The summed E-state index contributed by atoms with van der Waals surface area (Å²) in [6.45, 7) is 4.37. The topological polar surface area (TPSA) is 39.1 Å². The highest BCUT2D eigenvalue weighted by atomic mass is 16.5. The Labute approximate surface area is 108 Å². The van der Waals surface area contributed by atoms with Gasteiger partial charge in [-0.05, 0) is 12.6 Å². The third kappa shape index (κ3) is 3.11. The molecule has 0 saturated heterocycles. The molecular formula is C14H19N3O. The first-order valence-electron chi connectivity index (χ1n) is 6.19. The lowest BCUT2D eigenvalue weighted by Crippen LogP contribution is -2.13. The second-order valence-corrected chi connectivity index (χ2v) is 4.13. The Morgan fingerprint density at radius 1 is 1.33 bits per heavy atom. The smallest absolute Gasteiger partial charge is 0.146 e. The number of aromatic nitrogens is 2. The SMILES string of the molecule is CCNCc1ccccc1OCc1nccn1C. The molecule has 1 aromatic heterocycles. The molecule has 96 valence electrons. The van der Waals surface area contributed by atoms with Gasteiger partial charge in [-0.1, -0.05) is 25.1 Å². The van der Waals surface area contributed by atoms with Crippen LogP contribution in [0.25, 0.3) is 0 Å². The van der Waals surface area contributed by atoms with Crippen LogP contribution in [0.4, 0.5) is 0 Å². The molecule has 0 fully saturated rings. The number of rotatable bonds is 6. The predicted octanol–water partition coefficient (Wildman–Crippen LogP) is 2.11. The summed E-state index contributed by atoms with van der Waals surface area (Å²) in [6.07, 6.45) is 3.70. The summed E-state index contributed by atoms with van der Waals surface area (Å²) < 4.78 is 7.80. The Kier molecular flexibility index (Phi) is 4.36. The van der Waals surface area contributed by atoms with E-state index in [2.05, 4.69) is 23.3 Å². The van der Waals surface area contributed by atoms with Crippen molar-refractivity contribution in [2.75, 3.05) is 6.54 Å². The number of imidazole rings is 1. The van der Waals surface area contributed by atoms with Crippen molar-refractivity contribution in [2.24, 2.45) is 7.05 Å². The number of para-hydroxylation sites is 1. The molecule has 2 aromatic rings. The second kappa shape index (κ2) is 6.21. The van der Waals surface area contributed by atoms with E-state index in [9.17, 15) is 0 Å². The summed E-state index contributed by atoms with van der Waals surface area (Å²) in [6, 6.07) is 8.09. The Bertz CT molecular complexity index is 493. The molecule has 0 unspecified atom stereocenters. The van der Waals surface area contributed by atoms with Gasteiger partial charge >= 0.3 is 0 Å². The summed E-state index contributed by atoms with van der Waals surface area (Å²) in [4.78, 5) is 4.25. The van der Waals surface area contributed by atoms with Crippen LogP contribution >= 0.6 is 0 Å². The summed E-state index contributed by atoms with van der Waals surface area (Å²) in [5.41, 5.74) is 1.17. The lowest BCUT2D eigenvalue weighted by atomic mass is 10.2. The highest BCUT2D eigenvalue weighted by Gasteiger charge is 2.04. The van der Waals surface area contributed by atoms with Crippen LogP contribution in [0.2, 0.25) is 0 Å². The Morgan fingerprint density at radius 3 is 2.89 bits per heavy atom. The van der Waals surface area contributed by atoms with Gasteiger partial charge in [0.15, 0.2) is 0 Å². The molecule has 0 amide bonds. The molecule has 0 aliphatic carbocycles. The van der Waals surface area contributed by atoms with E-state index in [1.807, 2.05) is 36.0 Å². The zero-order valence-corrected chi connectivity index (χ0v) is 10.9. The molecule has 0 atom stereocenters. The van der Waals surface area contributed by atoms with Crippen LogP contribution in [0.3, 0.4) is 0 Å². The molecule has 4 nitrogen and oxygen atoms in total. The van der Waals surface area contributed by atoms with E-state index >= 15 is 0 Å². The molecule has 0 aliphatic rings. The lowest BCUT2D eigenvalue weighted by Gasteiger charge is -2.11. The van der Waals surface area contributed by atoms with Crippen molar-refractivity contribution in [3.8, 4) is 5.75 Å². The number of nitrogens with zero attached hydrogens (tertiary/aromatic N) is 2. The Hall–Kier alpha value is -1.81. The summed E-state index contributed by atoms with van der Waals surface area (Å²) in [7, 11) is 1.97. The molecule has 0 spiro atoms. The van der Waals surface area contributed by atoms with Gasteiger partial charge in [-0.2, -0.15) is 0 Å². The monoisotopic (exact) mass is 245 g/mol. The fourth-order valence-electron chi connectivity index (χ4n) is 1.73. The molecule has 1 heterocycles. The van der Waals surface area contributed by atoms with E-state index in [-0.39, 0.29) is 0 Å². The molecule has 0 bridgehead atoms. The number of benzene rings is 1. The third-order valence-corrected chi connectivity index (χ3v) is 2.82. The molecule has 0 radical (unpaired) electrons. The van der Waals surface area contributed by atoms with Crippen LogP contribution in [0.5, 0.6) is 5.75 Å². The van der Waals surface area contributed by atoms with E-state index < -0.39 is 0 Å². The normalized spacial score (nSPS) is 10.6. The van der Waals surface area contributed by atoms with Crippen LogP contribution in [-0.4, -0.2) is 16.1 Å². The van der Waals surface area contributed by atoms with E-state index in [0.717, 1.165) is 24.7 Å². The van der Waals surface area contributed by atoms with Gasteiger partial charge in [0.25, 0.3) is 0 Å². The van der Waals surface area contributed by atoms with Crippen molar-refractivity contribution < 1.29 is 4.74 Å². The molecule has 18 heavy (non-hydrogen) atoms. The number of nitrogens with one attached hydrogen (secondary N) is 1. The fraction of sp³-hybridized carbons (Fsp3) is 0.357. The molecular weight excluding hydrogens is 226 g/mol. The van der Waals surface area contributed by atoms with Crippen LogP contribution in [-0.2, 0) is 20.2 Å². The second-order valence-electron chi connectivity index (χ2n) is 4.13. The van der Waals surface area contributed by atoms with Crippen LogP contribution in [0.15, 0.2) is 36.7 Å². The maximum Gasteiger partial charge on any atom is 0.146 e. The minimum absolute atomic E-state index is 0.493. The number of aryl methyl sites for hydroxylation is 1. The third-order valence-electron chi connectivity index (χ3n) is 2.82. The summed E-state index contributed by atoms with van der Waals surface area (Å²) in [5.74, 6) is 1.84. The number of ether oxygens (including phenoxy) is 1. The molecule has 1 N–H and O–H groups in total. The highest BCUT2D eigenvalue weighted by Crippen LogP contribution is 2.18. The number of hydrogen-bond acceptors (Lipinski definition) is 3. The van der Waals surface area contributed by atoms with E-state index in [1.54, 1.807) is 6.20 Å². The van der Waals surface area contributed by atoms with Crippen LogP contribution < -0.4 is 10.1 Å². The average Bonchev–Trinajstić information content (AvgIpc) is 2.80. The largest absolute Gasteiger partial charge is 0.485 e. The molecule has 0 saturated carbocycles. The van der Waals surface area contributed by atoms with E-state index in [4.69, 9.17) is 4.74 Å². The van der Waals surface area contributed by atoms with Gasteiger partial charge < -0.3 is 14.6 Å². The van der Waals surface area contributed by atoms with Crippen molar-refractivity contribution in [1.82, 2.24) is 14.9 Å². The standard InChI is InChI=1S/C14H19N3O/c1-3-15-10-12-6-4-5-7-13(12)18-11-14-16-8-9-17(14)2/h4-9,15H,3,10-11H2,1-2H3. The maximum atomic E-state index is 5.84. The van der Waals surface area contributed by atoms with Gasteiger partial charge in [-0.15, -0.1) is 0 Å². The van der Waals surface area contributed by atoms with Gasteiger partial charge in [0.2, 0.25) is 0 Å². The van der Waals surface area contributed by atoms with Gasteiger partial charge in [0, 0.05) is 31.5 Å². The van der Waals surface area contributed by atoms with Crippen molar-refractivity contribution in [3.63, 3.8) is 0 Å². The first kappa shape index (κ1) is 12.6.